The highest BCUT2D eigenvalue weighted by Gasteiger charge is 2.54. The van der Waals surface area contributed by atoms with Crippen LogP contribution in [-0.4, -0.2) is 30.0 Å². The van der Waals surface area contributed by atoms with Crippen molar-refractivity contribution < 1.29 is 14.3 Å². The fraction of sp³-hybridized carbons (Fsp3) is 0.250. The molecular weight excluding hydrogens is 330 g/mol. The van der Waals surface area contributed by atoms with E-state index >= 15 is 0 Å². The average Bonchev–Trinajstić information content (AvgIpc) is 3.15. The van der Waals surface area contributed by atoms with Crippen LogP contribution in [0.1, 0.15) is 23.1 Å². The van der Waals surface area contributed by atoms with E-state index in [0.717, 1.165) is 17.5 Å². The van der Waals surface area contributed by atoms with E-state index in [9.17, 15) is 9.59 Å². The average molecular weight is 347 g/mol. The van der Waals surface area contributed by atoms with E-state index in [-0.39, 0.29) is 25.1 Å². The lowest BCUT2D eigenvalue weighted by Crippen LogP contribution is -2.42. The van der Waals surface area contributed by atoms with Crippen LogP contribution in [0.25, 0.3) is 0 Å². The quantitative estimate of drug-likeness (QED) is 0.861. The molecular formula is C20H17N3O3. The second-order valence-corrected chi connectivity index (χ2v) is 6.43. The van der Waals surface area contributed by atoms with E-state index in [4.69, 9.17) is 10.00 Å². The molecule has 0 bridgehead atoms. The zero-order chi connectivity index (χ0) is 18.1. The molecule has 1 fully saturated rings. The van der Waals surface area contributed by atoms with Gasteiger partial charge in [-0.1, -0.05) is 24.3 Å². The van der Waals surface area contributed by atoms with Gasteiger partial charge in [-0.25, -0.2) is 4.79 Å². The summed E-state index contributed by atoms with van der Waals surface area (Å²) in [6.45, 7) is 0.372. The summed E-state index contributed by atoms with van der Waals surface area (Å²) in [6.07, 6.45) is 1.36. The number of rotatable bonds is 4. The first-order valence-electron chi connectivity index (χ1n) is 8.49. The smallest absolute Gasteiger partial charge is 0.325 e. The second-order valence-electron chi connectivity index (χ2n) is 6.43. The third-order valence-electron chi connectivity index (χ3n) is 4.99. The van der Waals surface area contributed by atoms with Crippen LogP contribution in [0.3, 0.4) is 0 Å². The minimum absolute atomic E-state index is 0.175. The normalized spacial score (nSPS) is 20.8. The van der Waals surface area contributed by atoms with Crippen LogP contribution >= 0.6 is 0 Å². The van der Waals surface area contributed by atoms with Crippen molar-refractivity contribution in [3.05, 3.63) is 65.2 Å². The topological polar surface area (TPSA) is 82.4 Å². The minimum atomic E-state index is -0.928. The Hall–Kier alpha value is -3.33. The summed E-state index contributed by atoms with van der Waals surface area (Å²) in [5.41, 5.74) is 1.63. The van der Waals surface area contributed by atoms with Gasteiger partial charge in [-0.15, -0.1) is 0 Å². The van der Waals surface area contributed by atoms with Gasteiger partial charge in [0.25, 0.3) is 5.91 Å². The van der Waals surface area contributed by atoms with Crippen LogP contribution in [0, 0.1) is 11.3 Å². The maximum absolute atomic E-state index is 13.0. The van der Waals surface area contributed by atoms with Gasteiger partial charge in [-0.05, 0) is 48.2 Å². The number of carbonyl (C=O) groups is 2. The number of urea groups is 1. The summed E-state index contributed by atoms with van der Waals surface area (Å²) >= 11 is 0. The van der Waals surface area contributed by atoms with Gasteiger partial charge in [0, 0.05) is 0 Å². The molecule has 1 N–H and O–H groups in total. The Bertz CT molecular complexity index is 917. The maximum Gasteiger partial charge on any atom is 0.325 e. The summed E-state index contributed by atoms with van der Waals surface area (Å²) in [7, 11) is 0. The number of ether oxygens (including phenoxy) is 1. The molecule has 1 spiro atoms. The van der Waals surface area contributed by atoms with Gasteiger partial charge < -0.3 is 10.1 Å². The molecule has 1 saturated heterocycles. The lowest BCUT2D eigenvalue weighted by atomic mass is 9.92. The van der Waals surface area contributed by atoms with Crippen molar-refractivity contribution in [3.8, 4) is 11.8 Å². The zero-order valence-electron chi connectivity index (χ0n) is 14.1. The molecule has 3 amide bonds. The number of nitriles is 1. The number of hydrogen-bond donors (Lipinski definition) is 1. The number of imide groups is 1. The standard InChI is InChI=1S/C20H17N3O3/c21-13-14-5-7-16(8-6-14)26-12-11-23-18(24)20(22-19(23)25)10-9-15-3-1-2-4-17(15)20/h1-8H,9-12H2,(H,22,25). The van der Waals surface area contributed by atoms with Gasteiger partial charge >= 0.3 is 6.03 Å². The summed E-state index contributed by atoms with van der Waals surface area (Å²) < 4.78 is 5.60. The van der Waals surface area contributed by atoms with Crippen molar-refractivity contribution in [2.75, 3.05) is 13.2 Å². The number of carbonyl (C=O) groups excluding carboxylic acids is 2. The lowest BCUT2D eigenvalue weighted by molar-refractivity contribution is -0.131. The first kappa shape index (κ1) is 16.2. The van der Waals surface area contributed by atoms with E-state index < -0.39 is 5.54 Å². The van der Waals surface area contributed by atoms with E-state index in [0.29, 0.717) is 17.7 Å². The highest BCUT2D eigenvalue weighted by atomic mass is 16.5. The van der Waals surface area contributed by atoms with Gasteiger partial charge in [-0.3, -0.25) is 9.69 Å². The lowest BCUT2D eigenvalue weighted by Gasteiger charge is -2.22. The van der Waals surface area contributed by atoms with Gasteiger partial charge in [-0.2, -0.15) is 5.26 Å². The first-order chi connectivity index (χ1) is 12.6. The highest BCUT2D eigenvalue weighted by molar-refractivity contribution is 6.08. The van der Waals surface area contributed by atoms with Gasteiger partial charge in [0.1, 0.15) is 17.9 Å². The van der Waals surface area contributed by atoms with Crippen LogP contribution in [-0.2, 0) is 16.8 Å². The molecule has 4 rings (SSSR count). The Morgan fingerprint density at radius 2 is 1.92 bits per heavy atom. The molecule has 0 aromatic heterocycles. The number of hydrogen-bond acceptors (Lipinski definition) is 4. The van der Waals surface area contributed by atoms with Crippen molar-refractivity contribution >= 4 is 11.9 Å². The molecule has 26 heavy (non-hydrogen) atoms. The molecule has 2 aliphatic rings. The number of benzene rings is 2. The van der Waals surface area contributed by atoms with Gasteiger partial charge in [0.2, 0.25) is 0 Å². The maximum atomic E-state index is 13.0. The van der Waals surface area contributed by atoms with Gasteiger partial charge in [0.05, 0.1) is 18.2 Å². The second kappa shape index (κ2) is 6.19. The molecule has 2 aromatic carbocycles. The van der Waals surface area contributed by atoms with Crippen LogP contribution in [0.2, 0.25) is 0 Å². The summed E-state index contributed by atoms with van der Waals surface area (Å²) in [5.74, 6) is 0.382. The molecule has 130 valence electrons. The molecule has 0 radical (unpaired) electrons. The summed E-state index contributed by atoms with van der Waals surface area (Å²) in [6, 6.07) is 16.1. The molecule has 0 saturated carbocycles. The Labute approximate surface area is 151 Å². The van der Waals surface area contributed by atoms with E-state index in [2.05, 4.69) is 5.32 Å². The third kappa shape index (κ3) is 2.49. The van der Waals surface area contributed by atoms with Crippen molar-refractivity contribution in [3.63, 3.8) is 0 Å². The van der Waals surface area contributed by atoms with Crippen LogP contribution in [0.4, 0.5) is 4.79 Å². The van der Waals surface area contributed by atoms with Crippen LogP contribution in [0.15, 0.2) is 48.5 Å². The van der Waals surface area contributed by atoms with E-state index in [1.54, 1.807) is 24.3 Å². The van der Waals surface area contributed by atoms with Crippen molar-refractivity contribution in [2.24, 2.45) is 0 Å². The molecule has 1 atom stereocenters. The number of nitrogens with one attached hydrogen (secondary N) is 1. The Kier molecular flexibility index (Phi) is 3.85. The summed E-state index contributed by atoms with van der Waals surface area (Å²) in [5, 5.41) is 11.7. The third-order valence-corrected chi connectivity index (χ3v) is 4.99. The van der Waals surface area contributed by atoms with Crippen molar-refractivity contribution in [1.82, 2.24) is 10.2 Å². The molecule has 6 nitrogen and oxygen atoms in total. The fourth-order valence-electron chi connectivity index (χ4n) is 3.67. The predicted molar refractivity (Wildman–Crippen MR) is 93.3 cm³/mol. The fourth-order valence-corrected chi connectivity index (χ4v) is 3.67. The molecule has 1 aliphatic heterocycles. The Morgan fingerprint density at radius 1 is 1.15 bits per heavy atom. The number of amides is 3. The number of nitrogens with zero attached hydrogens (tertiary/aromatic N) is 2. The largest absolute Gasteiger partial charge is 0.492 e. The van der Waals surface area contributed by atoms with Crippen molar-refractivity contribution in [1.29, 1.82) is 5.26 Å². The van der Waals surface area contributed by atoms with E-state index in [1.807, 2.05) is 30.3 Å². The molecule has 1 heterocycles. The summed E-state index contributed by atoms with van der Waals surface area (Å²) in [4.78, 5) is 26.6. The molecule has 6 heteroatoms. The Balaban J connectivity index is 1.44. The predicted octanol–water partition coefficient (Wildman–Crippen LogP) is 2.33. The number of fused-ring (bicyclic) bond motifs is 2. The van der Waals surface area contributed by atoms with Crippen LogP contribution in [0.5, 0.6) is 5.75 Å². The van der Waals surface area contributed by atoms with Crippen LogP contribution < -0.4 is 10.1 Å². The highest BCUT2D eigenvalue weighted by Crippen LogP contribution is 2.41. The SMILES string of the molecule is N#Cc1ccc(OCCN2C(=O)NC3(CCc4ccccc43)C2=O)cc1. The van der Waals surface area contributed by atoms with Crippen molar-refractivity contribution in [2.45, 2.75) is 18.4 Å². The van der Waals surface area contributed by atoms with Gasteiger partial charge in [0.15, 0.2) is 0 Å². The monoisotopic (exact) mass is 347 g/mol. The minimum Gasteiger partial charge on any atom is -0.492 e. The first-order valence-corrected chi connectivity index (χ1v) is 8.49. The number of aryl methyl sites for hydroxylation is 1. The molecule has 1 aliphatic carbocycles. The Morgan fingerprint density at radius 3 is 2.69 bits per heavy atom. The molecule has 1 unspecified atom stereocenters. The molecule has 2 aromatic rings. The zero-order valence-corrected chi connectivity index (χ0v) is 14.1. The van der Waals surface area contributed by atoms with E-state index in [1.165, 1.54) is 4.90 Å².